The molecule has 0 spiro atoms. The van der Waals surface area contributed by atoms with Gasteiger partial charge in [-0.3, -0.25) is 10.7 Å². The van der Waals surface area contributed by atoms with Gasteiger partial charge in [-0.25, -0.2) is 9.97 Å². The number of para-hydroxylation sites is 1. The van der Waals surface area contributed by atoms with Crippen molar-refractivity contribution in [1.29, 1.82) is 5.41 Å². The molecule has 2 heterocycles. The van der Waals surface area contributed by atoms with Gasteiger partial charge in [0.25, 0.3) is 0 Å². The summed E-state index contributed by atoms with van der Waals surface area (Å²) in [6.07, 6.45) is 2.03. The monoisotopic (exact) mass is 314 g/mol. The Bertz CT molecular complexity index is 724. The Kier molecular flexibility index (Phi) is 4.29. The number of rotatable bonds is 2. The average molecular weight is 314 g/mol. The number of fused-ring (bicyclic) bond motifs is 1. The first-order chi connectivity index (χ1) is 11.0. The van der Waals surface area contributed by atoms with Crippen LogP contribution in [-0.2, 0) is 0 Å². The van der Waals surface area contributed by atoms with Crippen molar-refractivity contribution >= 4 is 22.8 Å². The SMILES string of the molecule is Cc1nc(NC(=N)NC2CCN(C)CC2)nc2c(O)cccc12. The fourth-order valence-electron chi connectivity index (χ4n) is 2.85. The van der Waals surface area contributed by atoms with Crippen molar-refractivity contribution in [2.75, 3.05) is 25.5 Å². The molecule has 1 aromatic heterocycles. The minimum absolute atomic E-state index is 0.117. The zero-order valence-electron chi connectivity index (χ0n) is 13.4. The minimum atomic E-state index is 0.117. The highest BCUT2D eigenvalue weighted by Crippen LogP contribution is 2.25. The first-order valence-corrected chi connectivity index (χ1v) is 7.80. The van der Waals surface area contributed by atoms with Crippen LogP contribution in [0.25, 0.3) is 10.9 Å². The highest BCUT2D eigenvalue weighted by atomic mass is 16.3. The largest absolute Gasteiger partial charge is 0.506 e. The molecule has 0 amide bonds. The average Bonchev–Trinajstić information content (AvgIpc) is 2.51. The van der Waals surface area contributed by atoms with E-state index in [2.05, 4.69) is 32.5 Å². The van der Waals surface area contributed by atoms with E-state index in [1.807, 2.05) is 13.0 Å². The topological polar surface area (TPSA) is 97.2 Å². The van der Waals surface area contributed by atoms with Gasteiger partial charge in [0.05, 0.1) is 5.69 Å². The van der Waals surface area contributed by atoms with E-state index >= 15 is 0 Å². The van der Waals surface area contributed by atoms with Gasteiger partial charge in [-0.2, -0.15) is 0 Å². The highest BCUT2D eigenvalue weighted by Gasteiger charge is 2.17. The number of hydrogen-bond acceptors (Lipinski definition) is 5. The molecule has 0 atom stereocenters. The van der Waals surface area contributed by atoms with Crippen LogP contribution >= 0.6 is 0 Å². The van der Waals surface area contributed by atoms with Gasteiger partial charge in [-0.1, -0.05) is 12.1 Å². The van der Waals surface area contributed by atoms with Gasteiger partial charge in [-0.05, 0) is 46.0 Å². The summed E-state index contributed by atoms with van der Waals surface area (Å²) in [5.74, 6) is 0.626. The quantitative estimate of drug-likeness (QED) is 0.497. The molecule has 7 nitrogen and oxygen atoms in total. The Hall–Kier alpha value is -2.41. The number of aryl methyl sites for hydroxylation is 1. The number of piperidine rings is 1. The molecule has 1 aliphatic heterocycles. The van der Waals surface area contributed by atoms with E-state index in [-0.39, 0.29) is 11.7 Å². The zero-order chi connectivity index (χ0) is 16.4. The fraction of sp³-hybridized carbons (Fsp3) is 0.438. The first-order valence-electron chi connectivity index (χ1n) is 7.80. The summed E-state index contributed by atoms with van der Waals surface area (Å²) in [5.41, 5.74) is 1.26. The number of nitrogens with zero attached hydrogens (tertiary/aromatic N) is 3. The van der Waals surface area contributed by atoms with E-state index in [0.29, 0.717) is 17.5 Å². The smallest absolute Gasteiger partial charge is 0.230 e. The molecule has 1 fully saturated rings. The van der Waals surface area contributed by atoms with Crippen LogP contribution in [0.1, 0.15) is 18.5 Å². The van der Waals surface area contributed by atoms with Crippen molar-refractivity contribution in [3.63, 3.8) is 0 Å². The van der Waals surface area contributed by atoms with Crippen molar-refractivity contribution in [3.8, 4) is 5.75 Å². The molecular weight excluding hydrogens is 292 g/mol. The van der Waals surface area contributed by atoms with Gasteiger partial charge >= 0.3 is 0 Å². The number of aromatic nitrogens is 2. The number of likely N-dealkylation sites (tertiary alicyclic amines) is 1. The lowest BCUT2D eigenvalue weighted by molar-refractivity contribution is 0.247. The summed E-state index contributed by atoms with van der Waals surface area (Å²) in [5, 5.41) is 24.9. The Morgan fingerprint density at radius 1 is 1.30 bits per heavy atom. The molecule has 0 unspecified atom stereocenters. The summed E-state index contributed by atoms with van der Waals surface area (Å²) < 4.78 is 0. The van der Waals surface area contributed by atoms with Gasteiger partial charge in [0.2, 0.25) is 5.95 Å². The Labute approximate surface area is 135 Å². The molecule has 4 N–H and O–H groups in total. The number of hydrogen-bond donors (Lipinski definition) is 4. The van der Waals surface area contributed by atoms with E-state index in [0.717, 1.165) is 37.0 Å². The predicted molar refractivity (Wildman–Crippen MR) is 90.9 cm³/mol. The van der Waals surface area contributed by atoms with Crippen LogP contribution < -0.4 is 10.6 Å². The number of anilines is 1. The van der Waals surface area contributed by atoms with Crippen molar-refractivity contribution in [3.05, 3.63) is 23.9 Å². The van der Waals surface area contributed by atoms with Crippen molar-refractivity contribution in [2.24, 2.45) is 0 Å². The molecular formula is C16H22N6O. The number of aromatic hydroxyl groups is 1. The lowest BCUT2D eigenvalue weighted by atomic mass is 10.1. The van der Waals surface area contributed by atoms with Gasteiger partial charge in [-0.15, -0.1) is 0 Å². The van der Waals surface area contributed by atoms with E-state index in [1.54, 1.807) is 12.1 Å². The maximum absolute atomic E-state index is 9.95. The number of guanidine groups is 1. The molecule has 1 aromatic carbocycles. The Balaban J connectivity index is 1.71. The molecule has 7 heteroatoms. The van der Waals surface area contributed by atoms with Crippen molar-refractivity contribution in [1.82, 2.24) is 20.2 Å². The fourth-order valence-corrected chi connectivity index (χ4v) is 2.85. The van der Waals surface area contributed by atoms with Crippen LogP contribution in [0.4, 0.5) is 5.95 Å². The predicted octanol–water partition coefficient (Wildman–Crippen LogP) is 1.67. The molecule has 122 valence electrons. The minimum Gasteiger partial charge on any atom is -0.506 e. The van der Waals surface area contributed by atoms with Crippen LogP contribution in [0, 0.1) is 12.3 Å². The molecule has 1 aliphatic rings. The zero-order valence-corrected chi connectivity index (χ0v) is 13.4. The third-order valence-electron chi connectivity index (χ3n) is 4.20. The summed E-state index contributed by atoms with van der Waals surface area (Å²) >= 11 is 0. The molecule has 1 saturated heterocycles. The van der Waals surface area contributed by atoms with E-state index < -0.39 is 0 Å². The highest BCUT2D eigenvalue weighted by molar-refractivity contribution is 5.92. The maximum Gasteiger partial charge on any atom is 0.230 e. The summed E-state index contributed by atoms with van der Waals surface area (Å²) in [6, 6.07) is 5.53. The lowest BCUT2D eigenvalue weighted by Crippen LogP contribution is -2.45. The van der Waals surface area contributed by atoms with Crippen LogP contribution in [-0.4, -0.2) is 52.1 Å². The first kappa shape index (κ1) is 15.5. The molecule has 23 heavy (non-hydrogen) atoms. The number of benzene rings is 1. The maximum atomic E-state index is 9.95. The van der Waals surface area contributed by atoms with Gasteiger partial charge < -0.3 is 15.3 Å². The second-order valence-corrected chi connectivity index (χ2v) is 6.03. The molecule has 0 bridgehead atoms. The second-order valence-electron chi connectivity index (χ2n) is 6.03. The van der Waals surface area contributed by atoms with E-state index in [1.165, 1.54) is 0 Å². The van der Waals surface area contributed by atoms with Crippen LogP contribution in [0.2, 0.25) is 0 Å². The summed E-state index contributed by atoms with van der Waals surface area (Å²) in [7, 11) is 2.11. The van der Waals surface area contributed by atoms with Gasteiger partial charge in [0.15, 0.2) is 5.96 Å². The number of phenols is 1. The summed E-state index contributed by atoms with van der Waals surface area (Å²) in [6.45, 7) is 3.93. The number of phenolic OH excluding ortho intramolecular Hbond substituents is 1. The third kappa shape index (κ3) is 3.50. The Morgan fingerprint density at radius 2 is 2.04 bits per heavy atom. The van der Waals surface area contributed by atoms with Gasteiger partial charge in [0, 0.05) is 11.4 Å². The molecule has 0 aliphatic carbocycles. The van der Waals surface area contributed by atoms with Crippen molar-refractivity contribution < 1.29 is 5.11 Å². The van der Waals surface area contributed by atoms with Crippen LogP contribution in [0.3, 0.4) is 0 Å². The molecule has 3 rings (SSSR count). The van der Waals surface area contributed by atoms with Crippen molar-refractivity contribution in [2.45, 2.75) is 25.8 Å². The normalized spacial score (nSPS) is 16.4. The van der Waals surface area contributed by atoms with E-state index in [4.69, 9.17) is 5.41 Å². The third-order valence-corrected chi connectivity index (χ3v) is 4.20. The second kappa shape index (κ2) is 6.37. The standard InChI is InChI=1S/C16H22N6O/c1-10-12-4-3-5-13(23)14(12)20-16(18-10)21-15(17)19-11-6-8-22(2)9-7-11/h3-5,11,23H,6-9H2,1-2H3,(H3,17,18,19,20,21). The lowest BCUT2D eigenvalue weighted by Gasteiger charge is -2.30. The Morgan fingerprint density at radius 3 is 2.78 bits per heavy atom. The van der Waals surface area contributed by atoms with Gasteiger partial charge in [0.1, 0.15) is 11.3 Å². The molecule has 0 saturated carbocycles. The van der Waals surface area contributed by atoms with E-state index in [9.17, 15) is 5.11 Å². The number of nitrogens with one attached hydrogen (secondary N) is 3. The summed E-state index contributed by atoms with van der Waals surface area (Å²) in [4.78, 5) is 11.0. The molecule has 0 radical (unpaired) electrons. The molecule has 2 aromatic rings. The van der Waals surface area contributed by atoms with Crippen LogP contribution in [0.5, 0.6) is 5.75 Å². The van der Waals surface area contributed by atoms with Crippen LogP contribution in [0.15, 0.2) is 18.2 Å².